The minimum absolute atomic E-state index is 0.0106. The lowest BCUT2D eigenvalue weighted by Crippen LogP contribution is -2.61. The first-order chi connectivity index (χ1) is 9.97. The summed E-state index contributed by atoms with van der Waals surface area (Å²) >= 11 is 0. The van der Waals surface area contributed by atoms with E-state index in [0.29, 0.717) is 25.7 Å². The molecule has 0 bridgehead atoms. The van der Waals surface area contributed by atoms with Gasteiger partial charge in [-0.3, -0.25) is 9.59 Å². The van der Waals surface area contributed by atoms with Gasteiger partial charge in [-0.2, -0.15) is 0 Å². The fourth-order valence-corrected chi connectivity index (χ4v) is 3.74. The first-order valence-electron chi connectivity index (χ1n) is 7.40. The monoisotopic (exact) mass is 313 g/mol. The van der Waals surface area contributed by atoms with Crippen LogP contribution in [0.25, 0.3) is 0 Å². The van der Waals surface area contributed by atoms with E-state index in [-0.39, 0.29) is 17.9 Å². The number of rotatable bonds is 4. The maximum absolute atomic E-state index is 11.7. The molecule has 0 atom stereocenters. The van der Waals surface area contributed by atoms with Crippen molar-refractivity contribution in [3.63, 3.8) is 0 Å². The van der Waals surface area contributed by atoms with Crippen LogP contribution in [0.15, 0.2) is 0 Å². The van der Waals surface area contributed by atoms with Crippen molar-refractivity contribution in [2.45, 2.75) is 52.1 Å². The predicted molar refractivity (Wildman–Crippen MR) is 76.3 cm³/mol. The van der Waals surface area contributed by atoms with E-state index in [2.05, 4.69) is 5.32 Å². The van der Waals surface area contributed by atoms with E-state index in [1.54, 1.807) is 20.8 Å². The molecule has 0 aliphatic heterocycles. The zero-order valence-corrected chi connectivity index (χ0v) is 13.1. The minimum atomic E-state index is -1.000. The van der Waals surface area contributed by atoms with E-state index in [1.165, 1.54) is 0 Å². The third kappa shape index (κ3) is 3.18. The van der Waals surface area contributed by atoms with Crippen LogP contribution in [0.4, 0.5) is 4.79 Å². The topological polar surface area (TPSA) is 113 Å². The van der Waals surface area contributed by atoms with E-state index in [0.717, 1.165) is 0 Å². The fraction of sp³-hybridized carbons (Fsp3) is 0.800. The highest BCUT2D eigenvalue weighted by atomic mass is 16.6. The molecule has 7 nitrogen and oxygen atoms in total. The molecular formula is C15H23NO6. The highest BCUT2D eigenvalue weighted by Gasteiger charge is 2.64. The van der Waals surface area contributed by atoms with Crippen LogP contribution in [-0.4, -0.2) is 40.4 Å². The van der Waals surface area contributed by atoms with Gasteiger partial charge in [-0.05, 0) is 51.9 Å². The second-order valence-electron chi connectivity index (χ2n) is 7.74. The molecular weight excluding hydrogens is 290 g/mol. The van der Waals surface area contributed by atoms with Crippen LogP contribution in [0.2, 0.25) is 0 Å². The minimum Gasteiger partial charge on any atom is -0.481 e. The Labute approximate surface area is 129 Å². The third-order valence-electron chi connectivity index (χ3n) is 4.56. The molecule has 22 heavy (non-hydrogen) atoms. The van der Waals surface area contributed by atoms with Crippen LogP contribution >= 0.6 is 0 Å². The number of ether oxygens (including phenoxy) is 1. The van der Waals surface area contributed by atoms with Crippen LogP contribution in [0, 0.1) is 16.7 Å². The molecule has 0 unspecified atom stereocenters. The zero-order chi connectivity index (χ0) is 16.8. The molecule has 2 rings (SSSR count). The number of nitrogens with one attached hydrogen (secondary N) is 1. The summed E-state index contributed by atoms with van der Waals surface area (Å²) < 4.78 is 5.10. The molecule has 3 N–H and O–H groups in total. The lowest BCUT2D eigenvalue weighted by atomic mass is 9.42. The normalized spacial score (nSPS) is 33.5. The van der Waals surface area contributed by atoms with Gasteiger partial charge in [0.15, 0.2) is 0 Å². The molecule has 2 aliphatic rings. The highest BCUT2D eigenvalue weighted by molar-refractivity contribution is 5.79. The van der Waals surface area contributed by atoms with Crippen molar-refractivity contribution in [1.82, 2.24) is 5.32 Å². The SMILES string of the molecule is CC(C)(C)OC(=O)NCC1(C(=O)O)CC2(CC(C(=O)O)C2)C1. The van der Waals surface area contributed by atoms with E-state index in [9.17, 15) is 19.5 Å². The molecule has 0 aromatic rings. The van der Waals surface area contributed by atoms with Crippen molar-refractivity contribution in [1.29, 1.82) is 0 Å². The molecule has 0 saturated heterocycles. The highest BCUT2D eigenvalue weighted by Crippen LogP contribution is 2.66. The Morgan fingerprint density at radius 1 is 1.18 bits per heavy atom. The van der Waals surface area contributed by atoms with Crippen LogP contribution in [0.3, 0.4) is 0 Å². The van der Waals surface area contributed by atoms with Gasteiger partial charge >= 0.3 is 18.0 Å². The molecule has 0 aromatic heterocycles. The van der Waals surface area contributed by atoms with Gasteiger partial charge in [-0.1, -0.05) is 0 Å². The van der Waals surface area contributed by atoms with Crippen molar-refractivity contribution in [3.05, 3.63) is 0 Å². The number of carbonyl (C=O) groups excluding carboxylic acids is 1. The largest absolute Gasteiger partial charge is 0.481 e. The van der Waals surface area contributed by atoms with Crippen LogP contribution in [0.1, 0.15) is 46.5 Å². The van der Waals surface area contributed by atoms with E-state index >= 15 is 0 Å². The number of aliphatic carboxylic acids is 2. The van der Waals surface area contributed by atoms with Gasteiger partial charge in [0.25, 0.3) is 0 Å². The summed E-state index contributed by atoms with van der Waals surface area (Å²) in [5, 5.41) is 20.9. The smallest absolute Gasteiger partial charge is 0.407 e. The van der Waals surface area contributed by atoms with Crippen LogP contribution < -0.4 is 5.32 Å². The van der Waals surface area contributed by atoms with Crippen LogP contribution in [0.5, 0.6) is 0 Å². The summed E-state index contributed by atoms with van der Waals surface area (Å²) in [4.78, 5) is 34.0. The Bertz CT molecular complexity index is 493. The molecule has 1 amide bonds. The lowest BCUT2D eigenvalue weighted by molar-refractivity contribution is -0.185. The quantitative estimate of drug-likeness (QED) is 0.730. The number of carboxylic acid groups (broad SMARTS) is 2. The summed E-state index contributed by atoms with van der Waals surface area (Å²) in [5.41, 5.74) is -1.80. The van der Waals surface area contributed by atoms with E-state index < -0.39 is 29.0 Å². The third-order valence-corrected chi connectivity index (χ3v) is 4.56. The molecule has 0 heterocycles. The van der Waals surface area contributed by atoms with Gasteiger partial charge < -0.3 is 20.3 Å². The lowest BCUT2D eigenvalue weighted by Gasteiger charge is -2.60. The summed E-state index contributed by atoms with van der Waals surface area (Å²) in [7, 11) is 0. The molecule has 1 spiro atoms. The maximum atomic E-state index is 11.7. The van der Waals surface area contributed by atoms with Crippen molar-refractivity contribution < 1.29 is 29.3 Å². The summed E-state index contributed by atoms with van der Waals surface area (Å²) in [6, 6.07) is 0. The van der Waals surface area contributed by atoms with Crippen LogP contribution in [-0.2, 0) is 14.3 Å². The average molecular weight is 313 g/mol. The van der Waals surface area contributed by atoms with E-state index in [4.69, 9.17) is 9.84 Å². The fourth-order valence-electron chi connectivity index (χ4n) is 3.74. The first-order valence-corrected chi connectivity index (χ1v) is 7.40. The van der Waals surface area contributed by atoms with Gasteiger partial charge in [0.05, 0.1) is 11.3 Å². The Morgan fingerprint density at radius 2 is 1.73 bits per heavy atom. The Morgan fingerprint density at radius 3 is 2.14 bits per heavy atom. The average Bonchev–Trinajstić information content (AvgIpc) is 2.21. The molecule has 2 fully saturated rings. The van der Waals surface area contributed by atoms with E-state index in [1.807, 2.05) is 0 Å². The van der Waals surface area contributed by atoms with Crippen molar-refractivity contribution in [2.24, 2.45) is 16.7 Å². The number of amides is 1. The number of hydrogen-bond acceptors (Lipinski definition) is 4. The number of carboxylic acids is 2. The van der Waals surface area contributed by atoms with Crippen molar-refractivity contribution in [3.8, 4) is 0 Å². The molecule has 2 aliphatic carbocycles. The summed E-state index contributed by atoms with van der Waals surface area (Å²) in [5.74, 6) is -2.12. The van der Waals surface area contributed by atoms with Crippen molar-refractivity contribution >= 4 is 18.0 Å². The van der Waals surface area contributed by atoms with Gasteiger partial charge in [0.1, 0.15) is 5.60 Å². The number of carbonyl (C=O) groups is 3. The Hall–Kier alpha value is -1.79. The molecule has 7 heteroatoms. The summed E-state index contributed by atoms with van der Waals surface area (Å²) in [6.07, 6.45) is 1.25. The molecule has 2 saturated carbocycles. The Balaban J connectivity index is 1.87. The molecule has 124 valence electrons. The number of alkyl carbamates (subject to hydrolysis) is 1. The summed E-state index contributed by atoms with van der Waals surface area (Å²) in [6.45, 7) is 5.21. The maximum Gasteiger partial charge on any atom is 0.407 e. The zero-order valence-electron chi connectivity index (χ0n) is 13.1. The van der Waals surface area contributed by atoms with Crippen molar-refractivity contribution in [2.75, 3.05) is 6.54 Å². The number of hydrogen-bond donors (Lipinski definition) is 3. The van der Waals surface area contributed by atoms with Gasteiger partial charge in [0, 0.05) is 6.54 Å². The second-order valence-corrected chi connectivity index (χ2v) is 7.74. The standard InChI is InChI=1S/C15H23NO6/c1-13(2,3)22-12(21)16-8-15(11(19)20)6-14(7-15)4-9(5-14)10(17)18/h9H,4-8H2,1-3H3,(H,16,21)(H,17,18)(H,19,20). The van der Waals surface area contributed by atoms with Gasteiger partial charge in [-0.25, -0.2) is 4.79 Å². The first kappa shape index (κ1) is 16.6. The molecule has 0 radical (unpaired) electrons. The Kier molecular flexibility index (Phi) is 3.87. The molecule has 0 aromatic carbocycles. The predicted octanol–water partition coefficient (Wildman–Crippen LogP) is 1.86. The second kappa shape index (κ2) is 5.14. The van der Waals surface area contributed by atoms with Gasteiger partial charge in [0.2, 0.25) is 0 Å². The van der Waals surface area contributed by atoms with Gasteiger partial charge in [-0.15, -0.1) is 0 Å².